The summed E-state index contributed by atoms with van der Waals surface area (Å²) in [7, 11) is 0. The lowest BCUT2D eigenvalue weighted by Gasteiger charge is -2.23. The Kier molecular flexibility index (Phi) is 6.39. The first-order valence-corrected chi connectivity index (χ1v) is 12.7. The predicted octanol–water partition coefficient (Wildman–Crippen LogP) is 6.41. The van der Waals surface area contributed by atoms with E-state index in [1.165, 1.54) is 16.2 Å². The van der Waals surface area contributed by atoms with Crippen LogP contribution < -0.4 is 9.64 Å². The van der Waals surface area contributed by atoms with E-state index in [-0.39, 0.29) is 11.3 Å². The molecule has 1 aliphatic rings. The molecule has 186 valence electrons. The number of rotatable bonds is 6. The molecule has 6 nitrogen and oxygen atoms in total. The number of aryl methyl sites for hydroxylation is 3. The van der Waals surface area contributed by atoms with Crippen molar-refractivity contribution in [3.05, 3.63) is 107 Å². The second kappa shape index (κ2) is 9.67. The van der Waals surface area contributed by atoms with Crippen molar-refractivity contribution >= 4 is 44.1 Å². The van der Waals surface area contributed by atoms with Crippen LogP contribution in [-0.4, -0.2) is 28.4 Å². The molecule has 3 aromatic carbocycles. The van der Waals surface area contributed by atoms with Crippen LogP contribution in [0.2, 0.25) is 0 Å². The molecule has 1 aliphatic heterocycles. The second-order valence-corrected chi connectivity index (χ2v) is 10.1. The van der Waals surface area contributed by atoms with Gasteiger partial charge in [0.1, 0.15) is 18.1 Å². The summed E-state index contributed by atoms with van der Waals surface area (Å²) in [6.07, 6.45) is 1.65. The number of carbonyl (C=O) groups is 2. The number of aliphatic hydroxyl groups excluding tert-OH is 1. The van der Waals surface area contributed by atoms with Crippen molar-refractivity contribution < 1.29 is 19.4 Å². The van der Waals surface area contributed by atoms with Crippen LogP contribution in [0.15, 0.2) is 78.9 Å². The van der Waals surface area contributed by atoms with Gasteiger partial charge in [-0.1, -0.05) is 72.0 Å². The molecule has 0 radical (unpaired) electrons. The van der Waals surface area contributed by atoms with Gasteiger partial charge >= 0.3 is 5.91 Å². The van der Waals surface area contributed by atoms with Crippen LogP contribution in [0.3, 0.4) is 0 Å². The third-order valence-electron chi connectivity index (χ3n) is 6.36. The number of hydrogen-bond acceptors (Lipinski definition) is 6. The van der Waals surface area contributed by atoms with Crippen molar-refractivity contribution in [1.29, 1.82) is 0 Å². The molecule has 5 rings (SSSR count). The Morgan fingerprint density at radius 3 is 2.43 bits per heavy atom. The predicted molar refractivity (Wildman–Crippen MR) is 147 cm³/mol. The minimum atomic E-state index is -0.850. The molecule has 1 amide bonds. The summed E-state index contributed by atoms with van der Waals surface area (Å²) >= 11 is 1.35. The number of thiazole rings is 1. The molecule has 1 saturated heterocycles. The monoisotopic (exact) mass is 510 g/mol. The molecule has 4 aromatic rings. The zero-order valence-electron chi connectivity index (χ0n) is 20.8. The summed E-state index contributed by atoms with van der Waals surface area (Å²) in [5.41, 5.74) is 5.05. The van der Waals surface area contributed by atoms with Crippen LogP contribution in [0.4, 0.5) is 5.13 Å². The maximum absolute atomic E-state index is 13.5. The molecule has 2 heterocycles. The number of amides is 1. The molecule has 1 aromatic heterocycles. The van der Waals surface area contributed by atoms with E-state index in [0.29, 0.717) is 28.6 Å². The fourth-order valence-corrected chi connectivity index (χ4v) is 5.74. The number of carbonyl (C=O) groups excluding carboxylic acids is 2. The number of Topliss-reactive ketones (excluding diaryl/α,β-unsaturated/α-hetero) is 1. The van der Waals surface area contributed by atoms with Gasteiger partial charge in [-0.3, -0.25) is 14.5 Å². The molecule has 1 fully saturated rings. The Morgan fingerprint density at radius 2 is 1.76 bits per heavy atom. The number of ether oxygens (including phenoxy) is 1. The number of aliphatic hydroxyl groups is 1. The highest BCUT2D eigenvalue weighted by Crippen LogP contribution is 2.45. The van der Waals surface area contributed by atoms with Crippen LogP contribution >= 0.6 is 11.3 Å². The Labute approximate surface area is 219 Å². The summed E-state index contributed by atoms with van der Waals surface area (Å²) in [5.74, 6) is -1.06. The van der Waals surface area contributed by atoms with Crippen LogP contribution in [0.5, 0.6) is 5.75 Å². The van der Waals surface area contributed by atoms with Crippen molar-refractivity contribution in [3.63, 3.8) is 0 Å². The summed E-state index contributed by atoms with van der Waals surface area (Å²) in [5, 5.41) is 11.7. The van der Waals surface area contributed by atoms with Gasteiger partial charge in [0.25, 0.3) is 5.78 Å². The molecule has 37 heavy (non-hydrogen) atoms. The van der Waals surface area contributed by atoms with E-state index in [2.05, 4.69) is 6.58 Å². The summed E-state index contributed by atoms with van der Waals surface area (Å²) in [6, 6.07) is 17.5. The lowest BCUT2D eigenvalue weighted by molar-refractivity contribution is -0.132. The number of benzene rings is 3. The van der Waals surface area contributed by atoms with Gasteiger partial charge in [-0.25, -0.2) is 4.98 Å². The first kappa shape index (κ1) is 24.5. The van der Waals surface area contributed by atoms with Gasteiger partial charge in [-0.2, -0.15) is 0 Å². The largest absolute Gasteiger partial charge is 0.507 e. The van der Waals surface area contributed by atoms with Gasteiger partial charge in [-0.15, -0.1) is 0 Å². The van der Waals surface area contributed by atoms with E-state index in [1.54, 1.807) is 42.5 Å². The van der Waals surface area contributed by atoms with Crippen molar-refractivity contribution in [2.75, 3.05) is 11.5 Å². The van der Waals surface area contributed by atoms with E-state index < -0.39 is 17.7 Å². The van der Waals surface area contributed by atoms with Crippen molar-refractivity contribution in [1.82, 2.24) is 4.98 Å². The van der Waals surface area contributed by atoms with Crippen LogP contribution in [0, 0.1) is 20.8 Å². The first-order chi connectivity index (χ1) is 17.8. The van der Waals surface area contributed by atoms with Gasteiger partial charge in [0.2, 0.25) is 0 Å². The molecule has 7 heteroatoms. The molecule has 0 saturated carbocycles. The Balaban J connectivity index is 1.69. The minimum absolute atomic E-state index is 0.0285. The molecule has 1 atom stereocenters. The van der Waals surface area contributed by atoms with E-state index >= 15 is 0 Å². The number of ketones is 1. The quantitative estimate of drug-likeness (QED) is 0.140. The highest BCUT2D eigenvalue weighted by Gasteiger charge is 2.48. The van der Waals surface area contributed by atoms with Crippen molar-refractivity contribution in [2.24, 2.45) is 0 Å². The van der Waals surface area contributed by atoms with Gasteiger partial charge in [0, 0.05) is 5.56 Å². The fourth-order valence-electron chi connectivity index (χ4n) is 4.58. The number of aromatic nitrogens is 1. The molecule has 1 N–H and O–H groups in total. The minimum Gasteiger partial charge on any atom is -0.507 e. The normalized spacial score (nSPS) is 16.9. The van der Waals surface area contributed by atoms with Crippen LogP contribution in [0.25, 0.3) is 16.0 Å². The maximum Gasteiger partial charge on any atom is 0.301 e. The topological polar surface area (TPSA) is 79.7 Å². The third-order valence-corrected chi connectivity index (χ3v) is 7.36. The number of anilines is 1. The van der Waals surface area contributed by atoms with E-state index in [4.69, 9.17) is 9.72 Å². The van der Waals surface area contributed by atoms with Gasteiger partial charge < -0.3 is 9.84 Å². The van der Waals surface area contributed by atoms with Gasteiger partial charge in [-0.05, 0) is 55.7 Å². The smallest absolute Gasteiger partial charge is 0.301 e. The molecule has 0 spiro atoms. The molecule has 1 unspecified atom stereocenters. The zero-order valence-corrected chi connectivity index (χ0v) is 21.6. The molecule has 0 bridgehead atoms. The average Bonchev–Trinajstić information content (AvgIpc) is 3.41. The standard InChI is InChI=1S/C30H26N2O4S/c1-5-14-36-22-12-10-20(11-13-22)26-24(27(33)21-8-6-17(2)7-9-21)28(34)29(35)32(26)30-31-25-19(4)15-18(3)16-23(25)37-30/h5-13,15-16,26,33H,1,14H2,2-4H3. The van der Waals surface area contributed by atoms with E-state index in [0.717, 1.165) is 26.9 Å². The fraction of sp³-hybridized carbons (Fsp3) is 0.167. The highest BCUT2D eigenvalue weighted by atomic mass is 32.1. The number of fused-ring (bicyclic) bond motifs is 1. The molecular weight excluding hydrogens is 484 g/mol. The molecular formula is C30H26N2O4S. The third kappa shape index (κ3) is 4.42. The number of nitrogens with zero attached hydrogens (tertiary/aromatic N) is 2. The lowest BCUT2D eigenvalue weighted by atomic mass is 9.95. The molecule has 0 aliphatic carbocycles. The Hall–Kier alpha value is -4.23. The van der Waals surface area contributed by atoms with Gasteiger partial charge in [0.15, 0.2) is 5.13 Å². The number of hydrogen-bond donors (Lipinski definition) is 1. The SMILES string of the molecule is C=CCOc1ccc(C2C(=C(O)c3ccc(C)cc3)C(=O)C(=O)N2c2nc3c(C)cc(C)cc3s2)cc1. The summed E-state index contributed by atoms with van der Waals surface area (Å²) < 4.78 is 6.54. The van der Waals surface area contributed by atoms with E-state index in [1.807, 2.05) is 45.0 Å². The second-order valence-electron chi connectivity index (χ2n) is 9.13. The maximum atomic E-state index is 13.5. The van der Waals surface area contributed by atoms with Gasteiger partial charge in [0.05, 0.1) is 21.8 Å². The summed E-state index contributed by atoms with van der Waals surface area (Å²) in [4.78, 5) is 33.1. The average molecular weight is 511 g/mol. The van der Waals surface area contributed by atoms with Crippen LogP contribution in [0.1, 0.15) is 33.9 Å². The first-order valence-electron chi connectivity index (χ1n) is 11.9. The van der Waals surface area contributed by atoms with E-state index in [9.17, 15) is 14.7 Å². The summed E-state index contributed by atoms with van der Waals surface area (Å²) in [6.45, 7) is 9.95. The lowest BCUT2D eigenvalue weighted by Crippen LogP contribution is -2.29. The Bertz CT molecular complexity index is 1570. The zero-order chi connectivity index (χ0) is 26.3. The van der Waals surface area contributed by atoms with Crippen LogP contribution in [-0.2, 0) is 9.59 Å². The van der Waals surface area contributed by atoms with Crippen molar-refractivity contribution in [2.45, 2.75) is 26.8 Å². The Morgan fingerprint density at radius 1 is 1.05 bits per heavy atom. The highest BCUT2D eigenvalue weighted by molar-refractivity contribution is 7.22. The van der Waals surface area contributed by atoms with Crippen molar-refractivity contribution in [3.8, 4) is 5.75 Å².